The van der Waals surface area contributed by atoms with Gasteiger partial charge in [-0.2, -0.15) is 0 Å². The summed E-state index contributed by atoms with van der Waals surface area (Å²) < 4.78 is 0. The largest absolute Gasteiger partial charge is 0.311 e. The molecule has 0 spiro atoms. The number of nitrogens with zero attached hydrogens (tertiary/aromatic N) is 1. The Morgan fingerprint density at radius 3 is 2.71 bits per heavy atom. The fourth-order valence-corrected chi connectivity index (χ4v) is 3.08. The topological polar surface area (TPSA) is 15.3 Å². The van der Waals surface area contributed by atoms with Gasteiger partial charge in [0.2, 0.25) is 0 Å². The van der Waals surface area contributed by atoms with E-state index in [-0.39, 0.29) is 0 Å². The van der Waals surface area contributed by atoms with Gasteiger partial charge in [0.15, 0.2) is 0 Å². The lowest BCUT2D eigenvalue weighted by Gasteiger charge is -2.40. The number of rotatable bonds is 6. The van der Waals surface area contributed by atoms with Crippen LogP contribution in [0.25, 0.3) is 0 Å². The van der Waals surface area contributed by atoms with Gasteiger partial charge in [0, 0.05) is 31.7 Å². The van der Waals surface area contributed by atoms with E-state index in [4.69, 9.17) is 0 Å². The van der Waals surface area contributed by atoms with E-state index in [1.807, 2.05) is 0 Å². The molecule has 1 heterocycles. The zero-order valence-corrected chi connectivity index (χ0v) is 13.8. The molecular weight excluding hydrogens is 256 g/mol. The number of hydrogen-bond donors (Lipinski definition) is 1. The molecule has 0 amide bonds. The summed E-state index contributed by atoms with van der Waals surface area (Å²) in [5.74, 6) is 0. The lowest BCUT2D eigenvalue weighted by molar-refractivity contribution is 0.140. The van der Waals surface area contributed by atoms with Crippen molar-refractivity contribution in [3.05, 3.63) is 47.5 Å². The molecule has 1 aromatic rings. The van der Waals surface area contributed by atoms with Crippen molar-refractivity contribution >= 4 is 0 Å². The minimum absolute atomic E-state index is 0.608. The van der Waals surface area contributed by atoms with E-state index >= 15 is 0 Å². The molecule has 1 aliphatic rings. The van der Waals surface area contributed by atoms with E-state index in [9.17, 15) is 0 Å². The van der Waals surface area contributed by atoms with Crippen molar-refractivity contribution in [3.63, 3.8) is 0 Å². The zero-order valence-electron chi connectivity index (χ0n) is 13.8. The Kier molecular flexibility index (Phi) is 6.47. The summed E-state index contributed by atoms with van der Waals surface area (Å²) in [6.07, 6.45) is 6.05. The zero-order chi connectivity index (χ0) is 15.1. The monoisotopic (exact) mass is 286 g/mol. The first kappa shape index (κ1) is 16.3. The van der Waals surface area contributed by atoms with Crippen LogP contribution in [0.1, 0.15) is 39.2 Å². The van der Waals surface area contributed by atoms with Crippen LogP contribution in [0.5, 0.6) is 0 Å². The Balaban J connectivity index is 2.01. The van der Waals surface area contributed by atoms with Gasteiger partial charge in [-0.1, -0.05) is 55.3 Å². The van der Waals surface area contributed by atoms with Gasteiger partial charge in [-0.15, -0.1) is 0 Å². The highest BCUT2D eigenvalue weighted by Gasteiger charge is 2.26. The first-order valence-electron chi connectivity index (χ1n) is 8.33. The third kappa shape index (κ3) is 5.29. The smallest absolute Gasteiger partial charge is 0.0265 e. The lowest BCUT2D eigenvalue weighted by Crippen LogP contribution is -2.57. The molecule has 2 nitrogen and oxygen atoms in total. The van der Waals surface area contributed by atoms with Gasteiger partial charge in [0.1, 0.15) is 0 Å². The molecule has 1 N–H and O–H groups in total. The maximum Gasteiger partial charge on any atom is 0.0265 e. The molecule has 0 aliphatic carbocycles. The third-order valence-electron chi connectivity index (χ3n) is 4.30. The van der Waals surface area contributed by atoms with Crippen LogP contribution in [0, 0.1) is 0 Å². The normalized spacial score (nSPS) is 23.0. The molecule has 0 saturated carbocycles. The third-order valence-corrected chi connectivity index (χ3v) is 4.30. The molecule has 0 bridgehead atoms. The Morgan fingerprint density at radius 2 is 2.05 bits per heavy atom. The van der Waals surface area contributed by atoms with Crippen molar-refractivity contribution in [2.24, 2.45) is 0 Å². The van der Waals surface area contributed by atoms with Gasteiger partial charge < -0.3 is 5.32 Å². The van der Waals surface area contributed by atoms with Gasteiger partial charge >= 0.3 is 0 Å². The molecule has 2 rings (SSSR count). The second kappa shape index (κ2) is 8.35. The molecule has 1 aromatic carbocycles. The van der Waals surface area contributed by atoms with Crippen molar-refractivity contribution in [3.8, 4) is 0 Å². The van der Waals surface area contributed by atoms with Crippen LogP contribution < -0.4 is 5.32 Å². The van der Waals surface area contributed by atoms with Gasteiger partial charge in [-0.3, -0.25) is 4.90 Å². The summed E-state index contributed by atoms with van der Waals surface area (Å²) in [4.78, 5) is 2.66. The van der Waals surface area contributed by atoms with Crippen LogP contribution in [0.2, 0.25) is 0 Å². The number of nitrogens with one attached hydrogen (secondary N) is 1. The van der Waals surface area contributed by atoms with Crippen LogP contribution in [0.4, 0.5) is 0 Å². The number of benzene rings is 1. The fraction of sp³-hybridized carbons (Fsp3) is 0.579. The Morgan fingerprint density at radius 1 is 1.29 bits per heavy atom. The minimum atomic E-state index is 0.608. The summed E-state index contributed by atoms with van der Waals surface area (Å²) in [5.41, 5.74) is 2.86. The number of piperazine rings is 1. The van der Waals surface area contributed by atoms with Gasteiger partial charge in [0.25, 0.3) is 0 Å². The van der Waals surface area contributed by atoms with E-state index in [2.05, 4.69) is 67.4 Å². The fourth-order valence-electron chi connectivity index (χ4n) is 3.08. The molecule has 1 aliphatic heterocycles. The van der Waals surface area contributed by atoms with Gasteiger partial charge in [0.05, 0.1) is 0 Å². The van der Waals surface area contributed by atoms with E-state index in [1.165, 1.54) is 30.5 Å². The predicted molar refractivity (Wildman–Crippen MR) is 91.6 cm³/mol. The van der Waals surface area contributed by atoms with E-state index < -0.39 is 0 Å². The van der Waals surface area contributed by atoms with Crippen molar-refractivity contribution in [2.75, 3.05) is 19.6 Å². The average molecular weight is 286 g/mol. The predicted octanol–water partition coefficient (Wildman–Crippen LogP) is 3.64. The molecule has 2 unspecified atom stereocenters. The standard InChI is InChI=1S/C19H30N2/c1-4-8-18-15-21(12-11-16(2)3)19(14-20-18)13-17-9-6-5-7-10-17/h5-7,9-11,18-20H,4,8,12-15H2,1-3H3. The highest BCUT2D eigenvalue weighted by atomic mass is 15.2. The molecule has 2 atom stereocenters. The number of hydrogen-bond acceptors (Lipinski definition) is 2. The summed E-state index contributed by atoms with van der Waals surface area (Å²) in [6.45, 7) is 10.0. The molecule has 21 heavy (non-hydrogen) atoms. The van der Waals surface area contributed by atoms with Crippen LogP contribution in [-0.2, 0) is 6.42 Å². The van der Waals surface area contributed by atoms with Crippen molar-refractivity contribution in [1.82, 2.24) is 10.2 Å². The highest BCUT2D eigenvalue weighted by Crippen LogP contribution is 2.15. The first-order valence-corrected chi connectivity index (χ1v) is 8.33. The molecule has 0 radical (unpaired) electrons. The molecule has 2 heteroatoms. The van der Waals surface area contributed by atoms with Crippen LogP contribution in [0.15, 0.2) is 42.0 Å². The SMILES string of the molecule is CCCC1CN(CC=C(C)C)C(Cc2ccccc2)CN1. The first-order chi connectivity index (χ1) is 10.2. The quantitative estimate of drug-likeness (QED) is 0.803. The highest BCUT2D eigenvalue weighted by molar-refractivity contribution is 5.16. The molecular formula is C19H30N2. The van der Waals surface area contributed by atoms with E-state index in [0.29, 0.717) is 12.1 Å². The van der Waals surface area contributed by atoms with Crippen LogP contribution in [0.3, 0.4) is 0 Å². The van der Waals surface area contributed by atoms with Gasteiger partial charge in [-0.05, 0) is 32.3 Å². The summed E-state index contributed by atoms with van der Waals surface area (Å²) in [5, 5.41) is 3.75. The molecule has 0 aromatic heterocycles. The molecule has 116 valence electrons. The second-order valence-corrected chi connectivity index (χ2v) is 6.47. The van der Waals surface area contributed by atoms with Crippen molar-refractivity contribution < 1.29 is 0 Å². The minimum Gasteiger partial charge on any atom is -0.311 e. The Hall–Kier alpha value is -1.12. The van der Waals surface area contributed by atoms with Crippen LogP contribution >= 0.6 is 0 Å². The van der Waals surface area contributed by atoms with Crippen molar-refractivity contribution in [1.29, 1.82) is 0 Å². The molecule has 1 saturated heterocycles. The average Bonchev–Trinajstić information content (AvgIpc) is 2.48. The summed E-state index contributed by atoms with van der Waals surface area (Å²) in [6, 6.07) is 12.1. The summed E-state index contributed by atoms with van der Waals surface area (Å²) >= 11 is 0. The van der Waals surface area contributed by atoms with E-state index in [1.54, 1.807) is 0 Å². The van der Waals surface area contributed by atoms with Crippen molar-refractivity contribution in [2.45, 2.75) is 52.1 Å². The maximum absolute atomic E-state index is 3.75. The van der Waals surface area contributed by atoms with Gasteiger partial charge in [-0.25, -0.2) is 0 Å². The Labute approximate surface area is 130 Å². The molecule has 1 fully saturated rings. The second-order valence-electron chi connectivity index (χ2n) is 6.47. The van der Waals surface area contributed by atoms with E-state index in [0.717, 1.165) is 19.5 Å². The maximum atomic E-state index is 3.75. The van der Waals surface area contributed by atoms with Crippen LogP contribution in [-0.4, -0.2) is 36.6 Å². The lowest BCUT2D eigenvalue weighted by atomic mass is 9.99. The summed E-state index contributed by atoms with van der Waals surface area (Å²) in [7, 11) is 0. The number of allylic oxidation sites excluding steroid dienone is 1. The Bertz CT molecular complexity index is 434.